The molecular weight excluding hydrogens is 223 g/mol. The molecule has 0 bridgehead atoms. The zero-order valence-corrected chi connectivity index (χ0v) is 10.3. The molecule has 1 atom stereocenters. The van der Waals surface area contributed by atoms with Gasteiger partial charge in [-0.05, 0) is 27.9 Å². The van der Waals surface area contributed by atoms with E-state index in [2.05, 4.69) is 15.8 Å². The highest BCUT2D eigenvalue weighted by molar-refractivity contribution is 8.00. The Morgan fingerprint density at radius 3 is 2.25 bits per heavy atom. The van der Waals surface area contributed by atoms with Crippen LogP contribution in [0.3, 0.4) is 0 Å². The lowest BCUT2D eigenvalue weighted by atomic mass is 10.1. The van der Waals surface area contributed by atoms with Crippen molar-refractivity contribution in [2.45, 2.75) is 11.7 Å². The fourth-order valence-electron chi connectivity index (χ4n) is 1.49. The lowest BCUT2D eigenvalue weighted by Gasteiger charge is -2.40. The molecule has 3 radical (unpaired) electrons. The zero-order chi connectivity index (χ0) is 11.1. The molecule has 1 aliphatic rings. The first kappa shape index (κ1) is 13.2. The largest absolute Gasteiger partial charge is 0.377 e. The van der Waals surface area contributed by atoms with E-state index in [1.807, 2.05) is 6.92 Å². The lowest BCUT2D eigenvalue weighted by molar-refractivity contribution is -0.0174. The van der Waals surface area contributed by atoms with Crippen molar-refractivity contribution in [2.24, 2.45) is 0 Å². The maximum absolute atomic E-state index is 12.1. The van der Waals surface area contributed by atoms with Crippen molar-refractivity contribution in [3.05, 3.63) is 23.8 Å². The average Bonchev–Trinajstić information content (AvgIpc) is 2.03. The number of rotatable bonds is 2. The summed E-state index contributed by atoms with van der Waals surface area (Å²) in [5.74, 6) is 4.32. The van der Waals surface area contributed by atoms with Crippen molar-refractivity contribution < 1.29 is 8.95 Å². The SMILES string of the molecule is C=S(C)(=O)C1(c2ncc(C)cn2)COC1.[B]. The molecule has 2 rings (SSSR count). The van der Waals surface area contributed by atoms with Crippen LogP contribution in [0.1, 0.15) is 11.4 Å². The highest BCUT2D eigenvalue weighted by Gasteiger charge is 2.48. The molecule has 0 amide bonds. The predicted molar refractivity (Wildman–Crippen MR) is 66.2 cm³/mol. The number of nitrogens with zero attached hydrogens (tertiary/aromatic N) is 2. The first-order chi connectivity index (χ1) is 6.96. The van der Waals surface area contributed by atoms with Gasteiger partial charge in [-0.15, -0.1) is 0 Å². The Morgan fingerprint density at radius 1 is 1.44 bits per heavy atom. The third kappa shape index (κ3) is 1.87. The lowest BCUT2D eigenvalue weighted by Crippen LogP contribution is -2.53. The van der Waals surface area contributed by atoms with Gasteiger partial charge in [0, 0.05) is 27.1 Å². The first-order valence-electron chi connectivity index (χ1n) is 4.64. The van der Waals surface area contributed by atoms with Crippen LogP contribution >= 0.6 is 0 Å². The van der Waals surface area contributed by atoms with Crippen molar-refractivity contribution in [3.8, 4) is 0 Å². The summed E-state index contributed by atoms with van der Waals surface area (Å²) in [6.45, 7) is 2.71. The van der Waals surface area contributed by atoms with E-state index in [9.17, 15) is 4.21 Å². The number of aromatic nitrogens is 2. The van der Waals surface area contributed by atoms with Gasteiger partial charge in [-0.3, -0.25) is 4.21 Å². The van der Waals surface area contributed by atoms with Crippen LogP contribution in [0.25, 0.3) is 0 Å². The second kappa shape index (κ2) is 4.18. The monoisotopic (exact) mass is 237 g/mol. The van der Waals surface area contributed by atoms with E-state index in [4.69, 9.17) is 4.74 Å². The molecule has 0 N–H and O–H groups in total. The maximum atomic E-state index is 12.1. The molecule has 1 aliphatic heterocycles. The summed E-state index contributed by atoms with van der Waals surface area (Å²) in [5, 5.41) is 0. The van der Waals surface area contributed by atoms with E-state index < -0.39 is 14.3 Å². The van der Waals surface area contributed by atoms with Crippen LogP contribution in [-0.4, -0.2) is 47.9 Å². The van der Waals surface area contributed by atoms with Crippen LogP contribution in [0.4, 0.5) is 0 Å². The van der Waals surface area contributed by atoms with Gasteiger partial charge in [0.1, 0.15) is 4.75 Å². The van der Waals surface area contributed by atoms with Crippen LogP contribution in [0.15, 0.2) is 12.4 Å². The molecule has 0 spiro atoms. The molecule has 6 heteroatoms. The topological polar surface area (TPSA) is 52.1 Å². The average molecular weight is 237 g/mol. The molecule has 85 valence electrons. The summed E-state index contributed by atoms with van der Waals surface area (Å²) in [6.07, 6.45) is 5.10. The number of aryl methyl sites for hydroxylation is 1. The molecule has 0 saturated carbocycles. The van der Waals surface area contributed by atoms with Gasteiger partial charge in [-0.2, -0.15) is 0 Å². The van der Waals surface area contributed by atoms with Gasteiger partial charge in [-0.25, -0.2) is 9.97 Å². The van der Waals surface area contributed by atoms with Crippen LogP contribution in [0, 0.1) is 6.92 Å². The van der Waals surface area contributed by atoms with Crippen LogP contribution in [-0.2, 0) is 19.0 Å². The zero-order valence-electron chi connectivity index (χ0n) is 9.47. The Morgan fingerprint density at radius 2 is 1.94 bits per heavy atom. The highest BCUT2D eigenvalue weighted by atomic mass is 32.2. The Balaban J connectivity index is 0.00000128. The van der Waals surface area contributed by atoms with Crippen LogP contribution in [0.5, 0.6) is 0 Å². The van der Waals surface area contributed by atoms with Gasteiger partial charge in [0.15, 0.2) is 5.82 Å². The summed E-state index contributed by atoms with van der Waals surface area (Å²) in [5.41, 5.74) is 0.987. The smallest absolute Gasteiger partial charge is 0.150 e. The summed E-state index contributed by atoms with van der Waals surface area (Å²) in [4.78, 5) is 8.46. The first-order valence-corrected chi connectivity index (χ1v) is 6.78. The Kier molecular flexibility index (Phi) is 3.45. The highest BCUT2D eigenvalue weighted by Crippen LogP contribution is 2.34. The predicted octanol–water partition coefficient (Wildman–Crippen LogP) is -0.0241. The molecular formula is C10H14BN2O2S. The molecule has 1 unspecified atom stereocenters. The fraction of sp³-hybridized carbons (Fsp3) is 0.500. The Hall–Kier alpha value is -0.875. The van der Waals surface area contributed by atoms with Gasteiger partial charge in [0.2, 0.25) is 0 Å². The van der Waals surface area contributed by atoms with Crippen molar-refractivity contribution in [2.75, 3.05) is 19.5 Å². The molecule has 0 aliphatic carbocycles. The number of hydrogen-bond donors (Lipinski definition) is 0. The Bertz CT molecular complexity index is 466. The van der Waals surface area contributed by atoms with E-state index >= 15 is 0 Å². The van der Waals surface area contributed by atoms with Crippen molar-refractivity contribution in [1.82, 2.24) is 9.97 Å². The van der Waals surface area contributed by atoms with Crippen molar-refractivity contribution in [3.63, 3.8) is 0 Å². The van der Waals surface area contributed by atoms with E-state index in [-0.39, 0.29) is 8.41 Å². The van der Waals surface area contributed by atoms with Gasteiger partial charge in [0.05, 0.1) is 13.2 Å². The van der Waals surface area contributed by atoms with E-state index in [1.165, 1.54) is 0 Å². The summed E-state index contributed by atoms with van der Waals surface area (Å²) >= 11 is 0. The molecule has 1 saturated heterocycles. The third-order valence-electron chi connectivity index (χ3n) is 2.69. The number of hydrogen-bond acceptors (Lipinski definition) is 4. The van der Waals surface area contributed by atoms with Crippen molar-refractivity contribution in [1.29, 1.82) is 0 Å². The second-order valence-corrected chi connectivity index (χ2v) is 6.87. The van der Waals surface area contributed by atoms with Gasteiger partial charge in [0.25, 0.3) is 0 Å². The molecule has 0 aromatic carbocycles. The molecule has 4 nitrogen and oxygen atoms in total. The maximum Gasteiger partial charge on any atom is 0.150 e. The van der Waals surface area contributed by atoms with E-state index in [0.717, 1.165) is 5.56 Å². The van der Waals surface area contributed by atoms with E-state index in [1.54, 1.807) is 18.6 Å². The minimum absolute atomic E-state index is 0. The van der Waals surface area contributed by atoms with Crippen molar-refractivity contribution >= 4 is 23.8 Å². The summed E-state index contributed by atoms with van der Waals surface area (Å²) in [6, 6.07) is 0. The third-order valence-corrected chi connectivity index (χ3v) is 4.76. The second-order valence-electron chi connectivity index (χ2n) is 4.08. The van der Waals surface area contributed by atoms with Gasteiger partial charge < -0.3 is 4.74 Å². The molecule has 1 fully saturated rings. The van der Waals surface area contributed by atoms with Crippen LogP contribution < -0.4 is 0 Å². The molecule has 1 aromatic heterocycles. The normalized spacial score (nSPS) is 21.4. The minimum Gasteiger partial charge on any atom is -0.377 e. The van der Waals surface area contributed by atoms with E-state index in [0.29, 0.717) is 19.0 Å². The molecule has 1 aromatic rings. The standard InChI is InChI=1S/C10H14N2O2S.B/c1-8-4-11-9(12-5-8)10(6-14-7-10)15(2,3)13;/h4-5H,2,6-7H2,1,3H3;. The minimum atomic E-state index is -2.24. The molecule has 2 heterocycles. The molecule has 16 heavy (non-hydrogen) atoms. The van der Waals surface area contributed by atoms with Gasteiger partial charge >= 0.3 is 0 Å². The quantitative estimate of drug-likeness (QED) is 0.535. The summed E-state index contributed by atoms with van der Waals surface area (Å²) < 4.78 is 16.7. The van der Waals surface area contributed by atoms with Crippen LogP contribution in [0.2, 0.25) is 0 Å². The Labute approximate surface area is 98.0 Å². The van der Waals surface area contributed by atoms with Gasteiger partial charge in [-0.1, -0.05) is 0 Å². The number of ether oxygens (including phenoxy) is 1. The fourth-order valence-corrected chi connectivity index (χ4v) is 2.64. The summed E-state index contributed by atoms with van der Waals surface area (Å²) in [7, 11) is -2.24.